The predicted molar refractivity (Wildman–Crippen MR) is 109 cm³/mol. The van der Waals surface area contributed by atoms with Crippen LogP contribution in [0.3, 0.4) is 0 Å². The van der Waals surface area contributed by atoms with Crippen LogP contribution in [-0.4, -0.2) is 30.9 Å². The molecule has 0 aliphatic carbocycles. The van der Waals surface area contributed by atoms with Gasteiger partial charge in [0.1, 0.15) is 6.07 Å². The van der Waals surface area contributed by atoms with Gasteiger partial charge < -0.3 is 9.64 Å². The van der Waals surface area contributed by atoms with Crippen molar-refractivity contribution in [1.82, 2.24) is 4.90 Å². The number of carbonyl (C=O) groups excluding carboxylic acids is 2. The number of aryl methyl sites for hydroxylation is 2. The first-order valence-corrected chi connectivity index (χ1v) is 9.02. The van der Waals surface area contributed by atoms with Gasteiger partial charge in [0, 0.05) is 29.7 Å². The Morgan fingerprint density at radius 2 is 1.46 bits per heavy atom. The number of amides is 1. The summed E-state index contributed by atoms with van der Waals surface area (Å²) >= 11 is 11.9. The lowest BCUT2D eigenvalue weighted by molar-refractivity contribution is -0.124. The van der Waals surface area contributed by atoms with Crippen LogP contribution in [0.5, 0.6) is 0 Å². The zero-order valence-corrected chi connectivity index (χ0v) is 17.4. The van der Waals surface area contributed by atoms with Crippen LogP contribution in [0.25, 0.3) is 5.76 Å². The second-order valence-electron chi connectivity index (χ2n) is 6.32. The Labute approximate surface area is 173 Å². The van der Waals surface area contributed by atoms with Gasteiger partial charge in [0.2, 0.25) is 0 Å². The lowest BCUT2D eigenvalue weighted by Gasteiger charge is -2.16. The molecule has 0 aliphatic rings. The number of benzene rings is 2. The first-order chi connectivity index (χ1) is 13.1. The highest BCUT2D eigenvalue weighted by molar-refractivity contribution is 6.31. The second-order valence-corrected chi connectivity index (χ2v) is 7.20. The number of likely N-dealkylation sites (N-methyl/N-ethyl adjacent to an activating group) is 1. The largest absolute Gasteiger partial charge is 0.421 e. The van der Waals surface area contributed by atoms with E-state index in [1.165, 1.54) is 25.1 Å². The summed E-state index contributed by atoms with van der Waals surface area (Å²) < 4.78 is 5.57. The Balaban J connectivity index is 2.63. The molecule has 2 aromatic rings. The Hall–Kier alpha value is -2.81. The number of esters is 1. The second kappa shape index (κ2) is 8.92. The zero-order valence-electron chi connectivity index (χ0n) is 15.8. The smallest absolute Gasteiger partial charge is 0.343 e. The molecule has 0 spiro atoms. The number of halogens is 2. The highest BCUT2D eigenvalue weighted by Crippen LogP contribution is 2.28. The minimum atomic E-state index is -0.696. The third-order valence-electron chi connectivity index (χ3n) is 4.00. The molecule has 28 heavy (non-hydrogen) atoms. The molecule has 2 rings (SSSR count). The topological polar surface area (TPSA) is 70.4 Å². The fourth-order valence-corrected chi connectivity index (χ4v) is 3.00. The molecule has 7 heteroatoms. The van der Waals surface area contributed by atoms with Crippen LogP contribution in [0.15, 0.2) is 42.0 Å². The van der Waals surface area contributed by atoms with Crippen LogP contribution in [0, 0.1) is 25.2 Å². The number of hydrogen-bond acceptors (Lipinski definition) is 4. The molecule has 0 atom stereocenters. The molecule has 0 heterocycles. The fraction of sp³-hybridized carbons (Fsp3) is 0.190. The Morgan fingerprint density at radius 3 is 1.89 bits per heavy atom. The number of hydrogen-bond donors (Lipinski definition) is 0. The van der Waals surface area contributed by atoms with Crippen molar-refractivity contribution in [2.75, 3.05) is 14.1 Å². The highest BCUT2D eigenvalue weighted by atomic mass is 35.5. The van der Waals surface area contributed by atoms with Gasteiger partial charge in [-0.15, -0.1) is 0 Å². The predicted octanol–water partition coefficient (Wildman–Crippen LogP) is 4.79. The molecule has 0 bridgehead atoms. The summed E-state index contributed by atoms with van der Waals surface area (Å²) in [7, 11) is 3.02. The third-order valence-corrected chi connectivity index (χ3v) is 4.47. The lowest BCUT2D eigenvalue weighted by Crippen LogP contribution is -2.24. The van der Waals surface area contributed by atoms with Crippen LogP contribution in [0.1, 0.15) is 27.0 Å². The summed E-state index contributed by atoms with van der Waals surface area (Å²) in [5, 5.41) is 10.6. The maximum atomic E-state index is 12.8. The van der Waals surface area contributed by atoms with Crippen LogP contribution in [-0.2, 0) is 9.53 Å². The maximum absolute atomic E-state index is 12.8. The van der Waals surface area contributed by atoms with Crippen molar-refractivity contribution in [2.24, 2.45) is 0 Å². The molecule has 144 valence electrons. The Bertz CT molecular complexity index is 1020. The van der Waals surface area contributed by atoms with Crippen LogP contribution in [0.2, 0.25) is 10.0 Å². The molecular weight excluding hydrogens is 399 g/mol. The molecule has 0 unspecified atom stereocenters. The van der Waals surface area contributed by atoms with Crippen LogP contribution < -0.4 is 0 Å². The van der Waals surface area contributed by atoms with Gasteiger partial charge in [0.25, 0.3) is 5.91 Å². The van der Waals surface area contributed by atoms with E-state index >= 15 is 0 Å². The van der Waals surface area contributed by atoms with E-state index in [0.29, 0.717) is 26.7 Å². The number of nitrogens with zero attached hydrogens (tertiary/aromatic N) is 2. The zero-order chi connectivity index (χ0) is 21.0. The molecular formula is C21H18Cl2N2O3. The normalized spacial score (nSPS) is 11.3. The monoisotopic (exact) mass is 416 g/mol. The summed E-state index contributed by atoms with van der Waals surface area (Å²) in [5.41, 5.74) is 1.69. The van der Waals surface area contributed by atoms with E-state index in [-0.39, 0.29) is 16.9 Å². The van der Waals surface area contributed by atoms with Gasteiger partial charge >= 0.3 is 5.97 Å². The molecule has 0 saturated carbocycles. The van der Waals surface area contributed by atoms with Crippen LogP contribution >= 0.6 is 23.2 Å². The van der Waals surface area contributed by atoms with Gasteiger partial charge in [0.05, 0.1) is 5.56 Å². The number of carbonyl (C=O) groups is 2. The third kappa shape index (κ3) is 4.72. The van der Waals surface area contributed by atoms with Crippen molar-refractivity contribution in [3.8, 4) is 6.07 Å². The minimum Gasteiger partial charge on any atom is -0.421 e. The van der Waals surface area contributed by atoms with Crippen molar-refractivity contribution in [3.05, 3.63) is 74.3 Å². The molecule has 0 saturated heterocycles. The molecule has 2 aromatic carbocycles. The lowest BCUT2D eigenvalue weighted by atomic mass is 10.0. The van der Waals surface area contributed by atoms with Gasteiger partial charge in [0.15, 0.2) is 11.3 Å². The standard InChI is InChI=1S/C21H18Cl2N2O3/c1-12-9-14(22)5-7-16(12)19(18(11-24)20(26)25(3)4)28-21(27)17-8-6-15(23)10-13(17)2/h5-10H,1-4H3/b19-18-. The molecule has 0 aromatic heterocycles. The number of rotatable bonds is 4. The van der Waals surface area contributed by atoms with Gasteiger partial charge in [-0.25, -0.2) is 4.79 Å². The molecule has 5 nitrogen and oxygen atoms in total. The summed E-state index contributed by atoms with van der Waals surface area (Å²) in [6, 6.07) is 11.5. The van der Waals surface area contributed by atoms with Crippen LogP contribution in [0.4, 0.5) is 0 Å². The molecule has 0 N–H and O–H groups in total. The Kier molecular flexibility index (Phi) is 6.85. The summed E-state index contributed by atoms with van der Waals surface area (Å²) in [4.78, 5) is 26.5. The van der Waals surface area contributed by atoms with Crippen molar-refractivity contribution >= 4 is 40.8 Å². The van der Waals surface area contributed by atoms with Crippen molar-refractivity contribution in [1.29, 1.82) is 5.26 Å². The SMILES string of the molecule is Cc1cc(Cl)ccc1C(=O)O/C(=C(/C#N)C(=O)N(C)C)c1ccc(Cl)cc1C. The summed E-state index contributed by atoms with van der Waals surface area (Å²) in [6.07, 6.45) is 0. The minimum absolute atomic E-state index is 0.116. The average molecular weight is 417 g/mol. The van der Waals surface area contributed by atoms with Crippen molar-refractivity contribution < 1.29 is 14.3 Å². The van der Waals surface area contributed by atoms with Crippen molar-refractivity contribution in [2.45, 2.75) is 13.8 Å². The number of nitriles is 1. The fourth-order valence-electron chi connectivity index (χ4n) is 2.55. The van der Waals surface area contributed by atoms with Gasteiger partial charge in [-0.1, -0.05) is 23.2 Å². The first-order valence-electron chi connectivity index (χ1n) is 8.26. The van der Waals surface area contributed by atoms with Gasteiger partial charge in [-0.05, 0) is 61.4 Å². The molecule has 0 radical (unpaired) electrons. The van der Waals surface area contributed by atoms with E-state index in [2.05, 4.69) is 0 Å². The number of ether oxygens (including phenoxy) is 1. The quantitative estimate of drug-likeness (QED) is 0.310. The van der Waals surface area contributed by atoms with Gasteiger partial charge in [-0.2, -0.15) is 5.26 Å². The van der Waals surface area contributed by atoms with E-state index in [0.717, 1.165) is 0 Å². The van der Waals surface area contributed by atoms with E-state index in [4.69, 9.17) is 27.9 Å². The maximum Gasteiger partial charge on any atom is 0.343 e. The van der Waals surface area contributed by atoms with E-state index in [1.54, 1.807) is 44.2 Å². The average Bonchev–Trinajstić information content (AvgIpc) is 2.61. The molecule has 1 amide bonds. The summed E-state index contributed by atoms with van der Waals surface area (Å²) in [6.45, 7) is 3.47. The molecule has 0 fully saturated rings. The van der Waals surface area contributed by atoms with Gasteiger partial charge in [-0.3, -0.25) is 4.79 Å². The highest BCUT2D eigenvalue weighted by Gasteiger charge is 2.25. The summed E-state index contributed by atoms with van der Waals surface area (Å²) in [5.74, 6) is -1.39. The molecule has 0 aliphatic heterocycles. The van der Waals surface area contributed by atoms with Crippen molar-refractivity contribution in [3.63, 3.8) is 0 Å². The van der Waals surface area contributed by atoms with E-state index in [9.17, 15) is 14.9 Å². The van der Waals surface area contributed by atoms with E-state index < -0.39 is 11.9 Å². The Morgan fingerprint density at radius 1 is 0.964 bits per heavy atom. The van der Waals surface area contributed by atoms with E-state index in [1.807, 2.05) is 6.07 Å². The first kappa shape index (κ1) is 21.5.